The number of para-hydroxylation sites is 2. The fraction of sp³-hybridized carbons (Fsp3) is 0.316. The normalized spacial score (nSPS) is 21.6. The minimum absolute atomic E-state index is 0.146. The molecule has 1 saturated heterocycles. The molecule has 0 saturated carbocycles. The largest absolute Gasteiger partial charge is 0.342 e. The van der Waals surface area contributed by atoms with E-state index >= 15 is 0 Å². The van der Waals surface area contributed by atoms with E-state index in [2.05, 4.69) is 17.1 Å². The van der Waals surface area contributed by atoms with Crippen molar-refractivity contribution in [1.29, 1.82) is 0 Å². The molecule has 1 unspecified atom stereocenters. The highest BCUT2D eigenvalue weighted by Crippen LogP contribution is 2.22. The average Bonchev–Trinajstić information content (AvgIpc) is 2.99. The smallest absolute Gasteiger partial charge is 0.123 e. The van der Waals surface area contributed by atoms with Crippen molar-refractivity contribution in [1.82, 2.24) is 9.97 Å². The lowest BCUT2D eigenvalue weighted by molar-refractivity contribution is -0.920. The van der Waals surface area contributed by atoms with Crippen molar-refractivity contribution in [2.24, 2.45) is 0 Å². The van der Waals surface area contributed by atoms with Crippen molar-refractivity contribution >= 4 is 11.0 Å². The van der Waals surface area contributed by atoms with Gasteiger partial charge in [0.05, 0.1) is 30.0 Å². The maximum absolute atomic E-state index is 13.4. The molecule has 23 heavy (non-hydrogen) atoms. The van der Waals surface area contributed by atoms with Crippen LogP contribution in [-0.4, -0.2) is 23.1 Å². The zero-order chi connectivity index (χ0) is 15.6. The molecule has 1 aliphatic rings. The lowest BCUT2D eigenvalue weighted by Gasteiger charge is -2.29. The predicted octanol–water partition coefficient (Wildman–Crippen LogP) is 2.66. The first kappa shape index (κ1) is 14.4. The van der Waals surface area contributed by atoms with Crippen LogP contribution >= 0.6 is 0 Å². The number of hydrogen-bond donors (Lipinski definition) is 2. The molecule has 1 fully saturated rings. The Hall–Kier alpha value is -2.20. The monoisotopic (exact) mass is 310 g/mol. The van der Waals surface area contributed by atoms with Crippen LogP contribution in [0.3, 0.4) is 0 Å². The molecule has 0 bridgehead atoms. The first-order valence-corrected chi connectivity index (χ1v) is 8.30. The summed E-state index contributed by atoms with van der Waals surface area (Å²) in [4.78, 5) is 9.74. The second kappa shape index (κ2) is 6.13. The molecule has 1 aromatic heterocycles. The quantitative estimate of drug-likeness (QED) is 0.766. The van der Waals surface area contributed by atoms with Crippen LogP contribution in [0.4, 0.5) is 4.39 Å². The molecule has 3 aromatic rings. The number of hydrogen-bond acceptors (Lipinski definition) is 1. The van der Waals surface area contributed by atoms with Gasteiger partial charge >= 0.3 is 0 Å². The first-order valence-electron chi connectivity index (χ1n) is 8.30. The summed E-state index contributed by atoms with van der Waals surface area (Å²) in [5.41, 5.74) is 3.23. The number of likely N-dealkylation sites (tertiary alicyclic amines) is 1. The molecule has 1 aliphatic heterocycles. The molecule has 118 valence electrons. The van der Waals surface area contributed by atoms with Crippen LogP contribution in [0.1, 0.15) is 30.1 Å². The summed E-state index contributed by atoms with van der Waals surface area (Å²) < 4.78 is 13.4. The van der Waals surface area contributed by atoms with Crippen LogP contribution in [0.5, 0.6) is 0 Å². The Balaban J connectivity index is 1.50. The number of benzene rings is 2. The second-order valence-electron chi connectivity index (χ2n) is 6.49. The zero-order valence-corrected chi connectivity index (χ0v) is 13.1. The Bertz CT molecular complexity index is 778. The number of imidazole rings is 1. The molecule has 2 aromatic carbocycles. The Labute approximate surface area is 135 Å². The van der Waals surface area contributed by atoms with E-state index in [0.29, 0.717) is 5.92 Å². The van der Waals surface area contributed by atoms with Gasteiger partial charge in [-0.25, -0.2) is 9.37 Å². The molecular weight excluding hydrogens is 289 g/mol. The molecule has 3 nitrogen and oxygen atoms in total. The fourth-order valence-corrected chi connectivity index (χ4v) is 3.65. The van der Waals surface area contributed by atoms with E-state index in [1.165, 1.54) is 23.8 Å². The van der Waals surface area contributed by atoms with Crippen LogP contribution in [0, 0.1) is 5.82 Å². The molecular formula is C19H21FN3+. The summed E-state index contributed by atoms with van der Waals surface area (Å²) >= 11 is 0. The maximum atomic E-state index is 13.4. The van der Waals surface area contributed by atoms with Gasteiger partial charge in [-0.1, -0.05) is 24.3 Å². The number of H-pyrrole nitrogens is 1. The number of rotatable bonds is 3. The van der Waals surface area contributed by atoms with Crippen molar-refractivity contribution < 1.29 is 9.29 Å². The number of fused-ring (bicyclic) bond motifs is 1. The summed E-state index contributed by atoms with van der Waals surface area (Å²) in [6, 6.07) is 15.2. The van der Waals surface area contributed by atoms with Gasteiger partial charge in [0.15, 0.2) is 0 Å². The molecule has 0 spiro atoms. The number of aromatic nitrogens is 2. The molecule has 0 amide bonds. The average molecular weight is 310 g/mol. The van der Waals surface area contributed by atoms with E-state index in [0.717, 1.165) is 42.1 Å². The molecule has 4 rings (SSSR count). The number of nitrogens with one attached hydrogen (secondary N) is 2. The fourth-order valence-electron chi connectivity index (χ4n) is 3.65. The summed E-state index contributed by atoms with van der Waals surface area (Å²) in [6.07, 6.45) is 2.36. The van der Waals surface area contributed by atoms with Crippen LogP contribution in [0.2, 0.25) is 0 Å². The van der Waals surface area contributed by atoms with Gasteiger partial charge in [-0.2, -0.15) is 0 Å². The van der Waals surface area contributed by atoms with Crippen molar-refractivity contribution in [3.8, 4) is 0 Å². The number of quaternary nitrogens is 1. The highest BCUT2D eigenvalue weighted by atomic mass is 19.1. The van der Waals surface area contributed by atoms with Crippen molar-refractivity contribution in [2.75, 3.05) is 13.1 Å². The Morgan fingerprint density at radius 2 is 2.09 bits per heavy atom. The lowest BCUT2D eigenvalue weighted by atomic mass is 9.97. The van der Waals surface area contributed by atoms with Gasteiger partial charge < -0.3 is 9.88 Å². The lowest BCUT2D eigenvalue weighted by Crippen LogP contribution is -3.12. The molecule has 4 heteroatoms. The first-order chi connectivity index (χ1) is 11.3. The van der Waals surface area contributed by atoms with Gasteiger partial charge in [0.1, 0.15) is 18.2 Å². The van der Waals surface area contributed by atoms with Crippen LogP contribution < -0.4 is 4.90 Å². The molecule has 2 N–H and O–H groups in total. The van der Waals surface area contributed by atoms with Crippen molar-refractivity contribution in [3.05, 3.63) is 65.7 Å². The summed E-state index contributed by atoms with van der Waals surface area (Å²) in [7, 11) is 0. The van der Waals surface area contributed by atoms with E-state index in [4.69, 9.17) is 4.98 Å². The third-order valence-corrected chi connectivity index (χ3v) is 4.76. The predicted molar refractivity (Wildman–Crippen MR) is 88.9 cm³/mol. The van der Waals surface area contributed by atoms with Crippen molar-refractivity contribution in [2.45, 2.75) is 25.3 Å². The highest BCUT2D eigenvalue weighted by Gasteiger charge is 2.26. The molecule has 0 aliphatic carbocycles. The number of aromatic amines is 1. The van der Waals surface area contributed by atoms with Gasteiger partial charge in [0, 0.05) is 5.56 Å². The summed E-state index contributed by atoms with van der Waals surface area (Å²) in [5, 5.41) is 0. The molecule has 2 heterocycles. The van der Waals surface area contributed by atoms with Gasteiger partial charge in [0.25, 0.3) is 0 Å². The topological polar surface area (TPSA) is 33.1 Å². The molecule has 0 radical (unpaired) electrons. The van der Waals surface area contributed by atoms with E-state index < -0.39 is 0 Å². The standard InChI is InChI=1S/C19H20FN3/c20-16-7-3-5-14(11-16)12-23-10-4-6-15(13-23)19-21-17-8-1-2-9-18(17)22-19/h1-3,5,7-9,11,15H,4,6,10,12-13H2,(H,21,22)/p+1/t15-/m0/s1. The number of piperidine rings is 1. The van der Waals surface area contributed by atoms with E-state index in [1.807, 2.05) is 18.2 Å². The van der Waals surface area contributed by atoms with Crippen LogP contribution in [0.25, 0.3) is 11.0 Å². The minimum atomic E-state index is -0.146. The van der Waals surface area contributed by atoms with E-state index in [-0.39, 0.29) is 5.82 Å². The van der Waals surface area contributed by atoms with Gasteiger partial charge in [-0.15, -0.1) is 0 Å². The molecule has 2 atom stereocenters. The third kappa shape index (κ3) is 3.13. The summed E-state index contributed by atoms with van der Waals surface area (Å²) in [5.74, 6) is 1.41. The Morgan fingerprint density at radius 1 is 1.17 bits per heavy atom. The minimum Gasteiger partial charge on any atom is -0.342 e. The van der Waals surface area contributed by atoms with Gasteiger partial charge in [-0.3, -0.25) is 0 Å². The SMILES string of the molecule is Fc1cccc(C[NH+]2CCC[C@H](c3nc4ccccc4[nH]3)C2)c1. The maximum Gasteiger partial charge on any atom is 0.123 e. The van der Waals surface area contributed by atoms with Gasteiger partial charge in [0.2, 0.25) is 0 Å². The van der Waals surface area contributed by atoms with E-state index in [9.17, 15) is 4.39 Å². The zero-order valence-electron chi connectivity index (χ0n) is 13.1. The van der Waals surface area contributed by atoms with Crippen LogP contribution in [-0.2, 0) is 6.54 Å². The van der Waals surface area contributed by atoms with Crippen molar-refractivity contribution in [3.63, 3.8) is 0 Å². The van der Waals surface area contributed by atoms with Crippen LogP contribution in [0.15, 0.2) is 48.5 Å². The number of halogens is 1. The van der Waals surface area contributed by atoms with E-state index in [1.54, 1.807) is 12.1 Å². The Kier molecular flexibility index (Phi) is 3.83. The van der Waals surface area contributed by atoms with Gasteiger partial charge in [-0.05, 0) is 37.1 Å². The third-order valence-electron chi connectivity index (χ3n) is 4.76. The second-order valence-corrected chi connectivity index (χ2v) is 6.49. The highest BCUT2D eigenvalue weighted by molar-refractivity contribution is 5.74. The Morgan fingerprint density at radius 3 is 2.96 bits per heavy atom. The number of nitrogens with zero attached hydrogens (tertiary/aromatic N) is 1. The summed E-state index contributed by atoms with van der Waals surface area (Å²) in [6.45, 7) is 3.08.